The van der Waals surface area contributed by atoms with Crippen molar-refractivity contribution < 1.29 is 9.53 Å². The first kappa shape index (κ1) is 11.5. The molecule has 0 radical (unpaired) electrons. The number of fused-ring (bicyclic) bond motifs is 1. The van der Waals surface area contributed by atoms with Crippen LogP contribution in [0.4, 0.5) is 10.5 Å². The smallest absolute Gasteiger partial charge is 0.418 e. The number of aromatic nitrogens is 1. The molecule has 0 amide bonds. The monoisotopic (exact) mass is 232 g/mol. The van der Waals surface area contributed by atoms with Crippen LogP contribution >= 0.6 is 0 Å². The fourth-order valence-corrected chi connectivity index (χ4v) is 1.68. The zero-order chi connectivity index (χ0) is 12.3. The first-order valence-electron chi connectivity index (χ1n) is 5.76. The van der Waals surface area contributed by atoms with E-state index in [2.05, 4.69) is 6.92 Å². The second-order valence-electron chi connectivity index (χ2n) is 3.97. The number of nitrogen functional groups attached to an aromatic ring is 1. The van der Waals surface area contributed by atoms with Gasteiger partial charge in [-0.3, -0.25) is 4.57 Å². The summed E-state index contributed by atoms with van der Waals surface area (Å²) in [5, 5.41) is 0.978. The van der Waals surface area contributed by atoms with E-state index in [0.717, 1.165) is 23.7 Å². The van der Waals surface area contributed by atoms with Gasteiger partial charge in [0, 0.05) is 17.3 Å². The number of carbonyl (C=O) groups excluding carboxylic acids is 1. The number of rotatable bonds is 3. The Labute approximate surface area is 100.0 Å². The maximum atomic E-state index is 11.8. The molecule has 0 saturated carbocycles. The molecule has 0 unspecified atom stereocenters. The van der Waals surface area contributed by atoms with Gasteiger partial charge in [-0.2, -0.15) is 0 Å². The molecule has 0 atom stereocenters. The van der Waals surface area contributed by atoms with Gasteiger partial charge in [0.05, 0.1) is 12.1 Å². The van der Waals surface area contributed by atoms with Crippen molar-refractivity contribution in [3.8, 4) is 0 Å². The van der Waals surface area contributed by atoms with Crippen LogP contribution in [0.5, 0.6) is 0 Å². The largest absolute Gasteiger partial charge is 0.449 e. The summed E-state index contributed by atoms with van der Waals surface area (Å²) in [6.07, 6.45) is 3.25. The van der Waals surface area contributed by atoms with Crippen molar-refractivity contribution in [3.63, 3.8) is 0 Å². The third-order valence-electron chi connectivity index (χ3n) is 2.64. The Bertz CT molecular complexity index is 531. The summed E-state index contributed by atoms with van der Waals surface area (Å²) in [6, 6.07) is 7.35. The van der Waals surface area contributed by atoms with Crippen molar-refractivity contribution in [1.29, 1.82) is 0 Å². The fraction of sp³-hybridized carbons (Fsp3) is 0.308. The molecule has 0 aliphatic rings. The molecule has 2 N–H and O–H groups in total. The molecule has 0 aliphatic carbocycles. The molecule has 1 aromatic heterocycles. The zero-order valence-electron chi connectivity index (χ0n) is 9.85. The lowest BCUT2D eigenvalue weighted by Crippen LogP contribution is -2.13. The SMILES string of the molecule is CCCCOC(=O)n1ccc2ccc(N)cc21. The number of hydrogen-bond donors (Lipinski definition) is 1. The summed E-state index contributed by atoms with van der Waals surface area (Å²) >= 11 is 0. The van der Waals surface area contributed by atoms with E-state index in [4.69, 9.17) is 10.5 Å². The third kappa shape index (κ3) is 2.41. The molecule has 2 rings (SSSR count). The standard InChI is InChI=1S/C13H16N2O2/c1-2-3-8-17-13(16)15-7-6-10-4-5-11(14)9-12(10)15/h4-7,9H,2-3,8,14H2,1H3. The van der Waals surface area contributed by atoms with Crippen LogP contribution in [0, 0.1) is 0 Å². The second kappa shape index (κ2) is 4.91. The lowest BCUT2D eigenvalue weighted by molar-refractivity contribution is 0.147. The molecule has 0 spiro atoms. The number of unbranched alkanes of at least 4 members (excludes halogenated alkanes) is 1. The minimum atomic E-state index is -0.348. The molecule has 4 nitrogen and oxygen atoms in total. The molecule has 0 bridgehead atoms. The van der Waals surface area contributed by atoms with Crippen molar-refractivity contribution in [1.82, 2.24) is 4.57 Å². The quantitative estimate of drug-likeness (QED) is 0.653. The molecular weight excluding hydrogens is 216 g/mol. The third-order valence-corrected chi connectivity index (χ3v) is 2.64. The van der Waals surface area contributed by atoms with E-state index >= 15 is 0 Å². The second-order valence-corrected chi connectivity index (χ2v) is 3.97. The van der Waals surface area contributed by atoms with Gasteiger partial charge in [0.25, 0.3) is 0 Å². The fourth-order valence-electron chi connectivity index (χ4n) is 1.68. The minimum absolute atomic E-state index is 0.348. The number of benzene rings is 1. The number of carbonyl (C=O) groups is 1. The molecular formula is C13H16N2O2. The molecule has 0 fully saturated rings. The highest BCUT2D eigenvalue weighted by Gasteiger charge is 2.09. The molecule has 4 heteroatoms. The molecule has 1 heterocycles. The molecule has 1 aromatic carbocycles. The van der Waals surface area contributed by atoms with Crippen LogP contribution < -0.4 is 5.73 Å². The molecule has 90 valence electrons. The van der Waals surface area contributed by atoms with Crippen LogP contribution in [0.25, 0.3) is 10.9 Å². The van der Waals surface area contributed by atoms with E-state index < -0.39 is 0 Å². The van der Waals surface area contributed by atoms with Gasteiger partial charge in [-0.15, -0.1) is 0 Å². The van der Waals surface area contributed by atoms with E-state index in [-0.39, 0.29) is 6.09 Å². The first-order chi connectivity index (χ1) is 8.22. The molecule has 2 aromatic rings. The van der Waals surface area contributed by atoms with Crippen molar-refractivity contribution >= 4 is 22.7 Å². The van der Waals surface area contributed by atoms with Crippen LogP contribution in [0.15, 0.2) is 30.5 Å². The van der Waals surface area contributed by atoms with Crippen LogP contribution in [0.1, 0.15) is 19.8 Å². The Morgan fingerprint density at radius 1 is 1.41 bits per heavy atom. The normalized spacial score (nSPS) is 10.6. The lowest BCUT2D eigenvalue weighted by Gasteiger charge is -2.06. The van der Waals surface area contributed by atoms with Crippen molar-refractivity contribution in [2.45, 2.75) is 19.8 Å². The number of nitrogens with zero attached hydrogens (tertiary/aromatic N) is 1. The van der Waals surface area contributed by atoms with Crippen LogP contribution in [-0.4, -0.2) is 17.3 Å². The maximum Gasteiger partial charge on any atom is 0.418 e. The van der Waals surface area contributed by atoms with Crippen LogP contribution in [0.2, 0.25) is 0 Å². The van der Waals surface area contributed by atoms with Gasteiger partial charge in [0.1, 0.15) is 0 Å². The van der Waals surface area contributed by atoms with Gasteiger partial charge < -0.3 is 10.5 Å². The van der Waals surface area contributed by atoms with Crippen molar-refractivity contribution in [3.05, 3.63) is 30.5 Å². The zero-order valence-corrected chi connectivity index (χ0v) is 9.85. The average Bonchev–Trinajstić information content (AvgIpc) is 2.72. The van der Waals surface area contributed by atoms with E-state index in [1.165, 1.54) is 4.57 Å². The summed E-state index contributed by atoms with van der Waals surface area (Å²) in [6.45, 7) is 2.51. The molecule has 17 heavy (non-hydrogen) atoms. The van der Waals surface area contributed by atoms with Gasteiger partial charge in [-0.05, 0) is 24.6 Å². The predicted molar refractivity (Wildman–Crippen MR) is 68.0 cm³/mol. The van der Waals surface area contributed by atoms with Gasteiger partial charge in [0.2, 0.25) is 0 Å². The lowest BCUT2D eigenvalue weighted by atomic mass is 10.2. The van der Waals surface area contributed by atoms with E-state index in [0.29, 0.717) is 12.3 Å². The summed E-state index contributed by atoms with van der Waals surface area (Å²) in [4.78, 5) is 11.8. The highest BCUT2D eigenvalue weighted by atomic mass is 16.5. The summed E-state index contributed by atoms with van der Waals surface area (Å²) < 4.78 is 6.65. The number of nitrogens with two attached hydrogens (primary N) is 1. The number of hydrogen-bond acceptors (Lipinski definition) is 3. The van der Waals surface area contributed by atoms with Gasteiger partial charge in [-0.1, -0.05) is 19.4 Å². The van der Waals surface area contributed by atoms with E-state index in [1.54, 1.807) is 12.3 Å². The molecule has 0 aliphatic heterocycles. The molecule has 0 saturated heterocycles. The summed E-state index contributed by atoms with van der Waals surface area (Å²) in [5.41, 5.74) is 7.13. The Balaban J connectivity index is 2.23. The topological polar surface area (TPSA) is 57.2 Å². The summed E-state index contributed by atoms with van der Waals surface area (Å²) in [7, 11) is 0. The van der Waals surface area contributed by atoms with E-state index in [9.17, 15) is 4.79 Å². The Morgan fingerprint density at radius 3 is 3.00 bits per heavy atom. The van der Waals surface area contributed by atoms with Crippen molar-refractivity contribution in [2.24, 2.45) is 0 Å². The highest BCUT2D eigenvalue weighted by molar-refractivity contribution is 5.91. The van der Waals surface area contributed by atoms with Crippen LogP contribution in [-0.2, 0) is 4.74 Å². The first-order valence-corrected chi connectivity index (χ1v) is 5.76. The summed E-state index contributed by atoms with van der Waals surface area (Å²) in [5.74, 6) is 0. The Hall–Kier alpha value is -1.97. The number of ether oxygens (including phenoxy) is 1. The van der Waals surface area contributed by atoms with Gasteiger partial charge >= 0.3 is 6.09 Å². The Kier molecular flexibility index (Phi) is 3.32. The van der Waals surface area contributed by atoms with Crippen molar-refractivity contribution in [2.75, 3.05) is 12.3 Å². The average molecular weight is 232 g/mol. The van der Waals surface area contributed by atoms with Crippen LogP contribution in [0.3, 0.4) is 0 Å². The van der Waals surface area contributed by atoms with Gasteiger partial charge in [-0.25, -0.2) is 4.79 Å². The number of anilines is 1. The van der Waals surface area contributed by atoms with E-state index in [1.807, 2.05) is 18.2 Å². The predicted octanol–water partition coefficient (Wildman–Crippen LogP) is 3.01. The highest BCUT2D eigenvalue weighted by Crippen LogP contribution is 2.19. The maximum absolute atomic E-state index is 11.8. The Morgan fingerprint density at radius 2 is 2.24 bits per heavy atom. The van der Waals surface area contributed by atoms with Gasteiger partial charge in [0.15, 0.2) is 0 Å². The minimum Gasteiger partial charge on any atom is -0.449 e.